The number of piperidine rings is 1. The standard InChI is InChI=1S/C12H15N3O/c13-8-12(10-2-1-5-14-9-10)15-6-3-11(16)4-7-15/h1-2,5,9,11-12,16H,3-4,6-7H2. The van der Waals surface area contributed by atoms with E-state index < -0.39 is 0 Å². The monoisotopic (exact) mass is 217 g/mol. The van der Waals surface area contributed by atoms with Gasteiger partial charge < -0.3 is 5.11 Å². The summed E-state index contributed by atoms with van der Waals surface area (Å²) in [5, 5.41) is 18.6. The summed E-state index contributed by atoms with van der Waals surface area (Å²) >= 11 is 0. The van der Waals surface area contributed by atoms with Gasteiger partial charge in [-0.2, -0.15) is 5.26 Å². The first kappa shape index (κ1) is 11.1. The fourth-order valence-electron chi connectivity index (χ4n) is 2.05. The van der Waals surface area contributed by atoms with Crippen LogP contribution in [0.3, 0.4) is 0 Å². The van der Waals surface area contributed by atoms with E-state index in [1.54, 1.807) is 12.4 Å². The molecule has 1 saturated heterocycles. The van der Waals surface area contributed by atoms with Crippen molar-refractivity contribution >= 4 is 0 Å². The highest BCUT2D eigenvalue weighted by molar-refractivity contribution is 5.20. The third-order valence-corrected chi connectivity index (χ3v) is 2.99. The first-order chi connectivity index (χ1) is 7.81. The molecule has 0 aromatic carbocycles. The molecule has 4 heteroatoms. The lowest BCUT2D eigenvalue weighted by Gasteiger charge is -2.32. The molecule has 1 N–H and O–H groups in total. The summed E-state index contributed by atoms with van der Waals surface area (Å²) in [7, 11) is 0. The Morgan fingerprint density at radius 1 is 1.50 bits per heavy atom. The second kappa shape index (κ2) is 5.06. The molecule has 84 valence electrons. The fourth-order valence-corrected chi connectivity index (χ4v) is 2.05. The maximum absolute atomic E-state index is 9.43. The van der Waals surface area contributed by atoms with Gasteiger partial charge in [-0.1, -0.05) is 6.07 Å². The third kappa shape index (κ3) is 2.38. The Balaban J connectivity index is 2.09. The molecule has 0 aliphatic carbocycles. The molecule has 1 aliphatic rings. The highest BCUT2D eigenvalue weighted by atomic mass is 16.3. The molecule has 1 aliphatic heterocycles. The van der Waals surface area contributed by atoms with E-state index in [9.17, 15) is 10.4 Å². The lowest BCUT2D eigenvalue weighted by Crippen LogP contribution is -2.38. The minimum absolute atomic E-state index is 0.204. The zero-order valence-corrected chi connectivity index (χ0v) is 9.08. The van der Waals surface area contributed by atoms with Crippen LogP contribution >= 0.6 is 0 Å². The van der Waals surface area contributed by atoms with Crippen molar-refractivity contribution < 1.29 is 5.11 Å². The van der Waals surface area contributed by atoms with Crippen LogP contribution in [0.4, 0.5) is 0 Å². The second-order valence-corrected chi connectivity index (χ2v) is 4.09. The highest BCUT2D eigenvalue weighted by Crippen LogP contribution is 2.23. The quantitative estimate of drug-likeness (QED) is 0.806. The number of nitrogens with zero attached hydrogens (tertiary/aromatic N) is 3. The highest BCUT2D eigenvalue weighted by Gasteiger charge is 2.24. The summed E-state index contributed by atoms with van der Waals surface area (Å²) in [5.74, 6) is 0. The van der Waals surface area contributed by atoms with Gasteiger partial charge in [0.15, 0.2) is 0 Å². The van der Waals surface area contributed by atoms with Crippen LogP contribution in [0, 0.1) is 11.3 Å². The molecule has 0 saturated carbocycles. The molecule has 1 atom stereocenters. The summed E-state index contributed by atoms with van der Waals surface area (Å²) < 4.78 is 0. The largest absolute Gasteiger partial charge is 0.393 e. The average Bonchev–Trinajstić information content (AvgIpc) is 2.34. The van der Waals surface area contributed by atoms with Crippen LogP contribution in [0.5, 0.6) is 0 Å². The normalized spacial score (nSPS) is 20.2. The molecule has 4 nitrogen and oxygen atoms in total. The van der Waals surface area contributed by atoms with Gasteiger partial charge in [-0.05, 0) is 18.9 Å². The van der Waals surface area contributed by atoms with Gasteiger partial charge >= 0.3 is 0 Å². The lowest BCUT2D eigenvalue weighted by atomic mass is 10.0. The van der Waals surface area contributed by atoms with Gasteiger partial charge in [0.05, 0.1) is 12.2 Å². The fraction of sp³-hybridized carbons (Fsp3) is 0.500. The Labute approximate surface area is 95.1 Å². The Hall–Kier alpha value is -1.44. The maximum atomic E-state index is 9.43. The molecule has 1 aromatic rings. The van der Waals surface area contributed by atoms with E-state index in [0.717, 1.165) is 31.5 Å². The van der Waals surface area contributed by atoms with Crippen molar-refractivity contribution in [3.63, 3.8) is 0 Å². The smallest absolute Gasteiger partial charge is 0.125 e. The van der Waals surface area contributed by atoms with Gasteiger partial charge in [-0.3, -0.25) is 9.88 Å². The van der Waals surface area contributed by atoms with Crippen molar-refractivity contribution in [2.75, 3.05) is 13.1 Å². The van der Waals surface area contributed by atoms with Crippen molar-refractivity contribution in [2.24, 2.45) is 0 Å². The second-order valence-electron chi connectivity index (χ2n) is 4.09. The lowest BCUT2D eigenvalue weighted by molar-refractivity contribution is 0.0716. The predicted octanol–water partition coefficient (Wildman–Crippen LogP) is 1.10. The SMILES string of the molecule is N#CC(c1cccnc1)N1CCC(O)CC1. The molecule has 16 heavy (non-hydrogen) atoms. The predicted molar refractivity (Wildman–Crippen MR) is 59.4 cm³/mol. The van der Waals surface area contributed by atoms with Crippen LogP contribution in [-0.2, 0) is 0 Å². The van der Waals surface area contributed by atoms with Crippen molar-refractivity contribution in [3.8, 4) is 6.07 Å². The summed E-state index contributed by atoms with van der Waals surface area (Å²) in [6.45, 7) is 1.54. The van der Waals surface area contributed by atoms with Crippen LogP contribution in [0.15, 0.2) is 24.5 Å². The van der Waals surface area contributed by atoms with Gasteiger partial charge in [0.25, 0.3) is 0 Å². The van der Waals surface area contributed by atoms with E-state index in [2.05, 4.69) is 16.0 Å². The molecule has 2 heterocycles. The molecule has 1 fully saturated rings. The van der Waals surface area contributed by atoms with Crippen molar-refractivity contribution in [2.45, 2.75) is 25.0 Å². The zero-order valence-electron chi connectivity index (χ0n) is 9.08. The number of hydrogen-bond acceptors (Lipinski definition) is 4. The summed E-state index contributed by atoms with van der Waals surface area (Å²) in [5.41, 5.74) is 0.932. The molecule has 2 rings (SSSR count). The van der Waals surface area contributed by atoms with Crippen molar-refractivity contribution in [3.05, 3.63) is 30.1 Å². The molecule has 0 amide bonds. The zero-order chi connectivity index (χ0) is 11.4. The number of hydrogen-bond donors (Lipinski definition) is 1. The van der Waals surface area contributed by atoms with Crippen LogP contribution < -0.4 is 0 Å². The van der Waals surface area contributed by atoms with Gasteiger partial charge in [-0.15, -0.1) is 0 Å². The van der Waals surface area contributed by atoms with Crippen LogP contribution in [0.25, 0.3) is 0 Å². The summed E-state index contributed by atoms with van der Waals surface area (Å²) in [6, 6.07) is 5.84. The number of aromatic nitrogens is 1. The Kier molecular flexibility index (Phi) is 3.50. The summed E-state index contributed by atoms with van der Waals surface area (Å²) in [4.78, 5) is 6.14. The molecule has 0 bridgehead atoms. The van der Waals surface area contributed by atoms with Gasteiger partial charge in [0.1, 0.15) is 6.04 Å². The van der Waals surface area contributed by atoms with E-state index >= 15 is 0 Å². The maximum Gasteiger partial charge on any atom is 0.125 e. The Bertz CT molecular complexity index is 366. The number of pyridine rings is 1. The first-order valence-electron chi connectivity index (χ1n) is 5.53. The van der Waals surface area contributed by atoms with Crippen LogP contribution in [0.2, 0.25) is 0 Å². The molecule has 0 spiro atoms. The number of nitriles is 1. The number of aliphatic hydroxyl groups is 1. The Morgan fingerprint density at radius 3 is 2.81 bits per heavy atom. The first-order valence-corrected chi connectivity index (χ1v) is 5.53. The molecule has 1 aromatic heterocycles. The van der Waals surface area contributed by atoms with Crippen molar-refractivity contribution in [1.82, 2.24) is 9.88 Å². The third-order valence-electron chi connectivity index (χ3n) is 2.99. The number of rotatable bonds is 2. The Morgan fingerprint density at radius 2 is 2.25 bits per heavy atom. The van der Waals surface area contributed by atoms with E-state index in [1.807, 2.05) is 12.1 Å². The van der Waals surface area contributed by atoms with E-state index in [1.165, 1.54) is 0 Å². The molecular formula is C12H15N3O. The topological polar surface area (TPSA) is 60.2 Å². The van der Waals surface area contributed by atoms with E-state index in [4.69, 9.17) is 0 Å². The number of aliphatic hydroxyl groups excluding tert-OH is 1. The van der Waals surface area contributed by atoms with E-state index in [-0.39, 0.29) is 12.1 Å². The minimum atomic E-state index is -0.235. The minimum Gasteiger partial charge on any atom is -0.393 e. The number of likely N-dealkylation sites (tertiary alicyclic amines) is 1. The average molecular weight is 217 g/mol. The van der Waals surface area contributed by atoms with Gasteiger partial charge in [0.2, 0.25) is 0 Å². The molecule has 1 unspecified atom stereocenters. The van der Waals surface area contributed by atoms with Gasteiger partial charge in [-0.25, -0.2) is 0 Å². The molecule has 0 radical (unpaired) electrons. The molecular weight excluding hydrogens is 202 g/mol. The van der Waals surface area contributed by atoms with E-state index in [0.29, 0.717) is 0 Å². The van der Waals surface area contributed by atoms with Crippen LogP contribution in [0.1, 0.15) is 24.4 Å². The van der Waals surface area contributed by atoms with Gasteiger partial charge in [0, 0.05) is 31.0 Å². The van der Waals surface area contributed by atoms with Crippen LogP contribution in [-0.4, -0.2) is 34.2 Å². The summed E-state index contributed by atoms with van der Waals surface area (Å²) in [6.07, 6.45) is 4.73. The van der Waals surface area contributed by atoms with Crippen molar-refractivity contribution in [1.29, 1.82) is 5.26 Å².